The summed E-state index contributed by atoms with van der Waals surface area (Å²) in [7, 11) is 1.94. The summed E-state index contributed by atoms with van der Waals surface area (Å²) < 4.78 is 1.94. The molecule has 0 spiro atoms. The smallest absolute Gasteiger partial charge is 0.0568 e. The summed E-state index contributed by atoms with van der Waals surface area (Å²) in [6.45, 7) is 3.86. The van der Waals surface area contributed by atoms with Gasteiger partial charge in [0.25, 0.3) is 0 Å². The lowest BCUT2D eigenvalue weighted by Gasteiger charge is -2.03. The van der Waals surface area contributed by atoms with Crippen molar-refractivity contribution in [1.29, 1.82) is 0 Å². The summed E-state index contributed by atoms with van der Waals surface area (Å²) in [5.74, 6) is 0. The van der Waals surface area contributed by atoms with Gasteiger partial charge < -0.3 is 5.32 Å². The maximum absolute atomic E-state index is 6.02. The quantitative estimate of drug-likeness (QED) is 0.903. The molecule has 0 amide bonds. The first-order valence-electron chi connectivity index (χ1n) is 5.64. The molecule has 1 aromatic carbocycles. The molecule has 2 aromatic rings. The molecule has 1 heterocycles. The predicted octanol–water partition coefficient (Wildman–Crippen LogP) is 2.73. The Morgan fingerprint density at radius 2 is 2.24 bits per heavy atom. The molecular weight excluding hydrogens is 234 g/mol. The Balaban J connectivity index is 2.27. The monoisotopic (exact) mass is 249 g/mol. The van der Waals surface area contributed by atoms with Crippen molar-refractivity contribution < 1.29 is 0 Å². The largest absolute Gasteiger partial charge is 0.318 e. The van der Waals surface area contributed by atoms with Gasteiger partial charge in [0.2, 0.25) is 0 Å². The second-order valence-corrected chi connectivity index (χ2v) is 4.49. The number of nitrogens with one attached hydrogen (secondary N) is 1. The van der Waals surface area contributed by atoms with Gasteiger partial charge in [0.15, 0.2) is 0 Å². The van der Waals surface area contributed by atoms with Crippen molar-refractivity contribution in [3.63, 3.8) is 0 Å². The first-order valence-corrected chi connectivity index (χ1v) is 6.02. The molecule has 3 nitrogen and oxygen atoms in total. The van der Waals surface area contributed by atoms with Crippen LogP contribution in [-0.4, -0.2) is 23.4 Å². The Bertz CT molecular complexity index is 505. The van der Waals surface area contributed by atoms with E-state index in [4.69, 9.17) is 11.6 Å². The van der Waals surface area contributed by atoms with Crippen LogP contribution < -0.4 is 5.32 Å². The summed E-state index contributed by atoms with van der Waals surface area (Å²) in [5, 5.41) is 8.20. The normalized spacial score (nSPS) is 10.8. The molecule has 0 radical (unpaired) electrons. The maximum Gasteiger partial charge on any atom is 0.0568 e. The first kappa shape index (κ1) is 12.1. The Kier molecular flexibility index (Phi) is 3.82. The zero-order chi connectivity index (χ0) is 12.3. The topological polar surface area (TPSA) is 29.9 Å². The van der Waals surface area contributed by atoms with Crippen LogP contribution in [0.3, 0.4) is 0 Å². The van der Waals surface area contributed by atoms with Gasteiger partial charge in [-0.25, -0.2) is 0 Å². The van der Waals surface area contributed by atoms with Gasteiger partial charge in [-0.05, 0) is 37.2 Å². The predicted molar refractivity (Wildman–Crippen MR) is 71.3 cm³/mol. The minimum atomic E-state index is 0.758. The van der Waals surface area contributed by atoms with E-state index >= 15 is 0 Å². The van der Waals surface area contributed by atoms with Crippen LogP contribution in [0.4, 0.5) is 0 Å². The van der Waals surface area contributed by atoms with E-state index in [0.717, 1.165) is 29.2 Å². The van der Waals surface area contributed by atoms with Crippen molar-refractivity contribution in [1.82, 2.24) is 15.1 Å². The summed E-state index contributed by atoms with van der Waals surface area (Å²) in [4.78, 5) is 0. The van der Waals surface area contributed by atoms with Crippen molar-refractivity contribution >= 4 is 11.6 Å². The van der Waals surface area contributed by atoms with Gasteiger partial charge in [-0.15, -0.1) is 0 Å². The minimum Gasteiger partial charge on any atom is -0.318 e. The fourth-order valence-corrected chi connectivity index (χ4v) is 1.93. The van der Waals surface area contributed by atoms with E-state index in [2.05, 4.69) is 23.5 Å². The Hall–Kier alpha value is -1.32. The van der Waals surface area contributed by atoms with Gasteiger partial charge >= 0.3 is 0 Å². The third-order valence-corrected chi connectivity index (χ3v) is 2.97. The van der Waals surface area contributed by atoms with Gasteiger partial charge in [0, 0.05) is 23.3 Å². The highest BCUT2D eigenvalue weighted by atomic mass is 35.5. The molecule has 1 aromatic heterocycles. The van der Waals surface area contributed by atoms with Gasteiger partial charge in [-0.3, -0.25) is 4.68 Å². The number of rotatable bonds is 4. The van der Waals surface area contributed by atoms with Crippen molar-refractivity contribution in [3.05, 3.63) is 41.2 Å². The van der Waals surface area contributed by atoms with Crippen molar-refractivity contribution in [2.45, 2.75) is 13.5 Å². The highest BCUT2D eigenvalue weighted by Crippen LogP contribution is 2.25. The average molecular weight is 250 g/mol. The summed E-state index contributed by atoms with van der Waals surface area (Å²) in [6.07, 6.45) is 3.93. The minimum absolute atomic E-state index is 0.758. The van der Waals surface area contributed by atoms with E-state index in [0.29, 0.717) is 0 Å². The van der Waals surface area contributed by atoms with Crippen LogP contribution in [0.25, 0.3) is 11.1 Å². The van der Waals surface area contributed by atoms with Crippen molar-refractivity contribution in [2.75, 3.05) is 13.6 Å². The first-order chi connectivity index (χ1) is 8.20. The number of hydrogen-bond donors (Lipinski definition) is 1. The second kappa shape index (κ2) is 5.34. The standard InChI is InChI=1S/C13H16ClN3/c1-10-3-4-12(14)7-13(10)11-8-16-17(9-11)6-5-15-2/h3-4,7-9,15H,5-6H2,1-2H3. The number of nitrogens with zero attached hydrogens (tertiary/aromatic N) is 2. The number of hydrogen-bond acceptors (Lipinski definition) is 2. The lowest BCUT2D eigenvalue weighted by molar-refractivity contribution is 0.585. The van der Waals surface area contributed by atoms with Crippen LogP contribution in [0, 0.1) is 6.92 Å². The molecule has 2 rings (SSSR count). The Labute approximate surface area is 106 Å². The molecular formula is C13H16ClN3. The number of halogens is 1. The lowest BCUT2D eigenvalue weighted by Crippen LogP contribution is -2.14. The molecule has 1 N–H and O–H groups in total. The zero-order valence-corrected chi connectivity index (χ0v) is 10.8. The van der Waals surface area contributed by atoms with Gasteiger partial charge in [-0.1, -0.05) is 17.7 Å². The number of benzene rings is 1. The molecule has 0 atom stereocenters. The molecule has 0 aliphatic heterocycles. The van der Waals surface area contributed by atoms with Crippen molar-refractivity contribution in [3.8, 4) is 11.1 Å². The molecule has 0 saturated carbocycles. The fourth-order valence-electron chi connectivity index (χ4n) is 1.76. The Morgan fingerprint density at radius 1 is 1.41 bits per heavy atom. The van der Waals surface area contributed by atoms with E-state index in [1.165, 1.54) is 5.56 Å². The molecule has 0 unspecified atom stereocenters. The number of aryl methyl sites for hydroxylation is 1. The second-order valence-electron chi connectivity index (χ2n) is 4.05. The molecule has 90 valence electrons. The molecule has 4 heteroatoms. The molecule has 0 aliphatic carbocycles. The lowest BCUT2D eigenvalue weighted by atomic mass is 10.0. The van der Waals surface area contributed by atoms with Gasteiger partial charge in [0.1, 0.15) is 0 Å². The average Bonchev–Trinajstić information content (AvgIpc) is 2.78. The number of likely N-dealkylation sites (N-methyl/N-ethyl adjacent to an activating group) is 1. The van der Waals surface area contributed by atoms with E-state index < -0.39 is 0 Å². The molecule has 0 fully saturated rings. The van der Waals surface area contributed by atoms with Gasteiger partial charge in [0.05, 0.1) is 12.7 Å². The molecule has 0 aliphatic rings. The van der Waals surface area contributed by atoms with E-state index in [1.54, 1.807) is 0 Å². The molecule has 0 bridgehead atoms. The maximum atomic E-state index is 6.02. The third-order valence-electron chi connectivity index (χ3n) is 2.73. The fraction of sp³-hybridized carbons (Fsp3) is 0.308. The van der Waals surface area contributed by atoms with Crippen LogP contribution in [0.15, 0.2) is 30.6 Å². The van der Waals surface area contributed by atoms with Gasteiger partial charge in [-0.2, -0.15) is 5.10 Å². The van der Waals surface area contributed by atoms with Crippen LogP contribution >= 0.6 is 11.6 Å². The van der Waals surface area contributed by atoms with Crippen molar-refractivity contribution in [2.24, 2.45) is 0 Å². The van der Waals surface area contributed by atoms with Crippen LogP contribution in [0.5, 0.6) is 0 Å². The Morgan fingerprint density at radius 3 is 3.00 bits per heavy atom. The van der Waals surface area contributed by atoms with E-state index in [9.17, 15) is 0 Å². The van der Waals surface area contributed by atoms with E-state index in [1.807, 2.05) is 36.1 Å². The van der Waals surface area contributed by atoms with Crippen LogP contribution in [0.2, 0.25) is 5.02 Å². The highest BCUT2D eigenvalue weighted by molar-refractivity contribution is 6.30. The number of aromatic nitrogens is 2. The summed E-state index contributed by atoms with van der Waals surface area (Å²) in [5.41, 5.74) is 3.47. The van der Waals surface area contributed by atoms with Crippen LogP contribution in [-0.2, 0) is 6.54 Å². The summed E-state index contributed by atoms with van der Waals surface area (Å²) in [6, 6.07) is 5.92. The SMILES string of the molecule is CNCCn1cc(-c2cc(Cl)ccc2C)cn1. The van der Waals surface area contributed by atoms with Crippen LogP contribution in [0.1, 0.15) is 5.56 Å². The summed E-state index contributed by atoms with van der Waals surface area (Å²) >= 11 is 6.02. The zero-order valence-electron chi connectivity index (χ0n) is 10.1. The molecule has 17 heavy (non-hydrogen) atoms. The van der Waals surface area contributed by atoms with E-state index in [-0.39, 0.29) is 0 Å². The highest BCUT2D eigenvalue weighted by Gasteiger charge is 2.05. The third kappa shape index (κ3) is 2.87. The molecule has 0 saturated heterocycles.